The molecular weight excluding hydrogens is 587 g/mol. The molecule has 0 radical (unpaired) electrons. The minimum atomic E-state index is 0.479. The molecule has 2 N–H and O–H groups in total. The monoisotopic (exact) mass is 617 g/mol. The molecule has 48 heavy (non-hydrogen) atoms. The molecule has 0 amide bonds. The van der Waals surface area contributed by atoms with Crippen LogP contribution in [0, 0.1) is 0 Å². The molecule has 7 aromatic carbocycles. The fraction of sp³-hybridized carbons (Fsp3) is 0.0227. The van der Waals surface area contributed by atoms with E-state index in [9.17, 15) is 0 Å². The predicted molar refractivity (Wildman–Crippen MR) is 200 cm³/mol. The van der Waals surface area contributed by atoms with Crippen molar-refractivity contribution in [2.75, 3.05) is 0 Å². The number of hydrogen-bond acceptors (Lipinski definition) is 2. The quantitative estimate of drug-likeness (QED) is 0.149. The number of nitrogens with two attached hydrogens (primary N) is 1. The second-order valence-corrected chi connectivity index (χ2v) is 12.1. The molecule has 0 fully saturated rings. The number of benzene rings is 7. The lowest BCUT2D eigenvalue weighted by atomic mass is 9.98. The van der Waals surface area contributed by atoms with Gasteiger partial charge in [0.1, 0.15) is 17.0 Å². The molecule has 0 atom stereocenters. The molecule has 2 heterocycles. The first-order valence-corrected chi connectivity index (χ1v) is 16.2. The second-order valence-electron chi connectivity index (χ2n) is 12.1. The second kappa shape index (κ2) is 11.4. The highest BCUT2D eigenvalue weighted by Gasteiger charge is 2.18. The minimum absolute atomic E-state index is 0.479. The van der Waals surface area contributed by atoms with Gasteiger partial charge >= 0.3 is 0 Å². The van der Waals surface area contributed by atoms with Gasteiger partial charge in [-0.25, -0.2) is 0 Å². The lowest BCUT2D eigenvalue weighted by Gasteiger charge is -2.16. The van der Waals surface area contributed by atoms with Crippen molar-refractivity contribution < 1.29 is 4.42 Å². The Morgan fingerprint density at radius 1 is 0.542 bits per heavy atom. The third kappa shape index (κ3) is 4.66. The van der Waals surface area contributed by atoms with Crippen molar-refractivity contribution in [2.45, 2.75) is 6.54 Å². The summed E-state index contributed by atoms with van der Waals surface area (Å²) >= 11 is 0. The summed E-state index contributed by atoms with van der Waals surface area (Å²) in [5.74, 6) is 0.536. The highest BCUT2D eigenvalue weighted by atomic mass is 16.3. The van der Waals surface area contributed by atoms with Crippen molar-refractivity contribution >= 4 is 49.6 Å². The van der Waals surface area contributed by atoms with Crippen LogP contribution in [0.3, 0.4) is 0 Å². The van der Waals surface area contributed by atoms with Crippen molar-refractivity contribution in [3.63, 3.8) is 0 Å². The number of rotatable bonds is 6. The van der Waals surface area contributed by atoms with Crippen molar-refractivity contribution in [1.82, 2.24) is 4.57 Å². The Morgan fingerprint density at radius 3 is 2.10 bits per heavy atom. The Morgan fingerprint density at radius 2 is 1.25 bits per heavy atom. The van der Waals surface area contributed by atoms with Crippen LogP contribution in [0.15, 0.2) is 173 Å². The molecule has 4 nitrogen and oxygen atoms in total. The zero-order valence-corrected chi connectivity index (χ0v) is 26.2. The summed E-state index contributed by atoms with van der Waals surface area (Å²) in [5.41, 5.74) is 18.3. The van der Waals surface area contributed by atoms with Crippen LogP contribution < -0.4 is 5.73 Å². The van der Waals surface area contributed by atoms with Crippen LogP contribution in [0.2, 0.25) is 0 Å². The minimum Gasteiger partial charge on any atom is -0.456 e. The van der Waals surface area contributed by atoms with Gasteiger partial charge in [0.2, 0.25) is 0 Å². The van der Waals surface area contributed by atoms with E-state index < -0.39 is 0 Å². The molecule has 228 valence electrons. The van der Waals surface area contributed by atoms with Gasteiger partial charge in [0.25, 0.3) is 0 Å². The molecule has 0 bridgehead atoms. The van der Waals surface area contributed by atoms with E-state index in [2.05, 4.69) is 126 Å². The van der Waals surface area contributed by atoms with Crippen LogP contribution in [0.1, 0.15) is 11.1 Å². The van der Waals surface area contributed by atoms with Crippen molar-refractivity contribution in [3.05, 3.63) is 175 Å². The van der Waals surface area contributed by atoms with Crippen LogP contribution in [-0.2, 0) is 6.54 Å². The molecule has 0 aliphatic rings. The normalized spacial score (nSPS) is 12.0. The highest BCUT2D eigenvalue weighted by molar-refractivity contribution is 6.15. The van der Waals surface area contributed by atoms with E-state index in [0.29, 0.717) is 12.4 Å². The Bertz CT molecular complexity index is 2650. The van der Waals surface area contributed by atoms with Crippen LogP contribution in [0.5, 0.6) is 0 Å². The summed E-state index contributed by atoms with van der Waals surface area (Å²) in [6.07, 6.45) is 0. The molecule has 9 rings (SSSR count). The number of amidine groups is 1. The number of para-hydroxylation sites is 2. The summed E-state index contributed by atoms with van der Waals surface area (Å²) in [7, 11) is 0. The van der Waals surface area contributed by atoms with E-state index in [-0.39, 0.29) is 0 Å². The number of aliphatic imine (C=N–C) groups is 1. The SMILES string of the molecule is NC(=NCc1ccc(-c2ccccc2)c(-n2c3ccccc3c3cc(-c4cccc5oc6ccccc6c45)ccc32)c1)c1ccccc1. The summed E-state index contributed by atoms with van der Waals surface area (Å²) in [6, 6.07) is 57.3. The van der Waals surface area contributed by atoms with E-state index >= 15 is 0 Å². The molecule has 0 saturated heterocycles. The van der Waals surface area contributed by atoms with E-state index in [0.717, 1.165) is 72.0 Å². The topological polar surface area (TPSA) is 56.4 Å². The molecule has 2 aromatic heterocycles. The van der Waals surface area contributed by atoms with Gasteiger partial charge in [-0.15, -0.1) is 0 Å². The zero-order chi connectivity index (χ0) is 32.0. The molecule has 0 aliphatic carbocycles. The first kappa shape index (κ1) is 27.9. The number of fused-ring (bicyclic) bond motifs is 6. The molecule has 9 aromatic rings. The fourth-order valence-electron chi connectivity index (χ4n) is 7.01. The van der Waals surface area contributed by atoms with Gasteiger partial charge in [-0.05, 0) is 58.7 Å². The molecule has 4 heteroatoms. The smallest absolute Gasteiger partial charge is 0.136 e. The standard InChI is InChI=1S/C44H31N3O/c45-44(31-14-5-2-6-15-31)46-28-29-22-24-33(30-12-3-1-4-13-30)40(26-29)47-38-19-9-7-16-35(38)37-27-32(23-25-39(37)47)34-18-11-21-42-43(34)36-17-8-10-20-41(36)48-42/h1-27H,28H2,(H2,45,46). The van der Waals surface area contributed by atoms with Gasteiger partial charge in [-0.3, -0.25) is 4.99 Å². The fourth-order valence-corrected chi connectivity index (χ4v) is 7.01. The number of furan rings is 1. The van der Waals surface area contributed by atoms with E-state index in [1.54, 1.807) is 0 Å². The third-order valence-corrected chi connectivity index (χ3v) is 9.28. The summed E-state index contributed by atoms with van der Waals surface area (Å²) in [5, 5.41) is 4.68. The van der Waals surface area contributed by atoms with Crippen LogP contribution in [0.4, 0.5) is 0 Å². The lowest BCUT2D eigenvalue weighted by Crippen LogP contribution is -2.13. The first-order valence-electron chi connectivity index (χ1n) is 16.2. The van der Waals surface area contributed by atoms with Gasteiger partial charge in [0, 0.05) is 32.7 Å². The maximum atomic E-state index is 6.40. The van der Waals surface area contributed by atoms with Crippen molar-refractivity contribution in [1.29, 1.82) is 0 Å². The van der Waals surface area contributed by atoms with E-state index in [1.807, 2.05) is 42.5 Å². The molecule has 0 aliphatic heterocycles. The predicted octanol–water partition coefficient (Wildman–Crippen LogP) is 10.9. The molecule has 0 unspecified atom stereocenters. The van der Waals surface area contributed by atoms with Gasteiger partial charge in [0.05, 0.1) is 23.3 Å². The van der Waals surface area contributed by atoms with E-state index in [1.165, 1.54) is 10.8 Å². The van der Waals surface area contributed by atoms with Gasteiger partial charge in [-0.1, -0.05) is 127 Å². The summed E-state index contributed by atoms with van der Waals surface area (Å²) < 4.78 is 8.64. The zero-order valence-electron chi connectivity index (χ0n) is 26.2. The largest absolute Gasteiger partial charge is 0.456 e. The lowest BCUT2D eigenvalue weighted by molar-refractivity contribution is 0.669. The van der Waals surface area contributed by atoms with Crippen molar-refractivity contribution in [2.24, 2.45) is 10.7 Å². The number of aromatic nitrogens is 1. The average molecular weight is 618 g/mol. The van der Waals surface area contributed by atoms with Gasteiger partial charge in [0.15, 0.2) is 0 Å². The van der Waals surface area contributed by atoms with Crippen LogP contribution in [-0.4, -0.2) is 10.4 Å². The van der Waals surface area contributed by atoms with Crippen LogP contribution in [0.25, 0.3) is 71.7 Å². The summed E-state index contributed by atoms with van der Waals surface area (Å²) in [6.45, 7) is 0.479. The van der Waals surface area contributed by atoms with Crippen LogP contribution >= 0.6 is 0 Å². The molecule has 0 saturated carbocycles. The van der Waals surface area contributed by atoms with E-state index in [4.69, 9.17) is 15.1 Å². The average Bonchev–Trinajstić information content (AvgIpc) is 3.70. The Labute approximate surface area is 278 Å². The maximum absolute atomic E-state index is 6.40. The Balaban J connectivity index is 1.25. The maximum Gasteiger partial charge on any atom is 0.136 e. The Kier molecular flexibility index (Phi) is 6.65. The number of hydrogen-bond donors (Lipinski definition) is 1. The highest BCUT2D eigenvalue weighted by Crippen LogP contribution is 2.41. The molecule has 0 spiro atoms. The number of nitrogens with zero attached hydrogens (tertiary/aromatic N) is 2. The Hall–Kier alpha value is -6.39. The summed E-state index contributed by atoms with van der Waals surface area (Å²) in [4.78, 5) is 4.78. The van der Waals surface area contributed by atoms with Crippen molar-refractivity contribution in [3.8, 4) is 27.9 Å². The van der Waals surface area contributed by atoms with Gasteiger partial charge in [-0.2, -0.15) is 0 Å². The van der Waals surface area contributed by atoms with Gasteiger partial charge < -0.3 is 14.7 Å². The first-order chi connectivity index (χ1) is 23.7. The third-order valence-electron chi connectivity index (χ3n) is 9.28. The molecular formula is C44H31N3O.